The smallest absolute Gasteiger partial charge is 0.335 e. The summed E-state index contributed by atoms with van der Waals surface area (Å²) < 4.78 is 43.2. The zero-order valence-electron chi connectivity index (χ0n) is 14.2. The van der Waals surface area contributed by atoms with Crippen molar-refractivity contribution >= 4 is 47.8 Å². The van der Waals surface area contributed by atoms with Gasteiger partial charge < -0.3 is 14.2 Å². The van der Waals surface area contributed by atoms with Crippen molar-refractivity contribution in [1.82, 2.24) is 15.1 Å². The summed E-state index contributed by atoms with van der Waals surface area (Å²) in [6.45, 7) is 1.56. The van der Waals surface area contributed by atoms with Crippen LogP contribution in [0.3, 0.4) is 0 Å². The summed E-state index contributed by atoms with van der Waals surface area (Å²) in [6.07, 6.45) is 1.50. The average molecular weight is 468 g/mol. The second-order valence-electron chi connectivity index (χ2n) is 5.95. The van der Waals surface area contributed by atoms with Gasteiger partial charge in [0.1, 0.15) is 0 Å². The fourth-order valence-electron chi connectivity index (χ4n) is 2.29. The molecular weight excluding hydrogens is 456 g/mol. The van der Waals surface area contributed by atoms with E-state index in [1.54, 1.807) is 37.0 Å². The average Bonchev–Trinajstić information content (AvgIpc) is 3.08. The van der Waals surface area contributed by atoms with Crippen LogP contribution in [0.25, 0.3) is 11.4 Å². The van der Waals surface area contributed by atoms with Crippen molar-refractivity contribution in [2.24, 2.45) is 0 Å². The molecule has 0 saturated carbocycles. The maximum atomic E-state index is 13.0. The van der Waals surface area contributed by atoms with E-state index in [-0.39, 0.29) is 12.0 Å². The molecule has 0 fully saturated rings. The van der Waals surface area contributed by atoms with Crippen molar-refractivity contribution in [2.45, 2.75) is 11.5 Å². The van der Waals surface area contributed by atoms with E-state index < -0.39 is 18.6 Å². The number of benzene rings is 1. The molecule has 0 aliphatic heterocycles. The van der Waals surface area contributed by atoms with E-state index in [9.17, 15) is 13.3 Å². The summed E-state index contributed by atoms with van der Waals surface area (Å²) in [5.74, 6) is -1.09. The van der Waals surface area contributed by atoms with Gasteiger partial charge in [-0.15, -0.1) is 0 Å². The third-order valence-corrected chi connectivity index (χ3v) is 5.85. The Kier molecular flexibility index (Phi) is 5.96. The molecule has 148 valence electrons. The van der Waals surface area contributed by atoms with Crippen LogP contribution >= 0.6 is 42.1 Å². The molecule has 1 atom stereocenters. The Bertz CT molecular complexity index is 1040. The molecule has 2 aromatic heterocycles. The Labute approximate surface area is 173 Å². The molecule has 0 saturated heterocycles. The lowest BCUT2D eigenvalue weighted by Crippen LogP contribution is -2.03. The Morgan fingerprint density at radius 2 is 2.00 bits per heavy atom. The lowest BCUT2D eigenvalue weighted by Gasteiger charge is -2.17. The molecule has 28 heavy (non-hydrogen) atoms. The fraction of sp³-hybridized carbons (Fsp3) is 0.188. The maximum absolute atomic E-state index is 13.0. The maximum Gasteiger partial charge on any atom is 0.400 e. The number of aromatic nitrogens is 3. The van der Waals surface area contributed by atoms with Crippen molar-refractivity contribution in [3.8, 4) is 11.4 Å². The van der Waals surface area contributed by atoms with E-state index in [2.05, 4.69) is 24.7 Å². The van der Waals surface area contributed by atoms with Gasteiger partial charge in [0.2, 0.25) is 5.82 Å². The van der Waals surface area contributed by atoms with Crippen molar-refractivity contribution in [3.63, 3.8) is 0 Å². The summed E-state index contributed by atoms with van der Waals surface area (Å²) in [5.41, 5.74) is 1.35. The van der Waals surface area contributed by atoms with Crippen LogP contribution in [0, 0.1) is 0 Å². The fourth-order valence-corrected chi connectivity index (χ4v) is 4.48. The quantitative estimate of drug-likeness (QED) is 0.341. The lowest BCUT2D eigenvalue weighted by molar-refractivity contribution is 0.0551. The number of rotatable bonds is 6. The monoisotopic (exact) mass is 466 g/mol. The van der Waals surface area contributed by atoms with Crippen LogP contribution < -0.4 is 5.09 Å². The highest BCUT2D eigenvalue weighted by molar-refractivity contribution is 7.63. The van der Waals surface area contributed by atoms with Gasteiger partial charge in [0.25, 0.3) is 0 Å². The van der Waals surface area contributed by atoms with Crippen LogP contribution in [0.15, 0.2) is 41.1 Å². The molecule has 6 nitrogen and oxygen atoms in total. The molecule has 0 spiro atoms. The molecule has 3 rings (SSSR count). The molecule has 0 aliphatic rings. The Hall–Kier alpha value is -1.73. The van der Waals surface area contributed by atoms with Crippen LogP contribution in [0.4, 0.5) is 14.5 Å². The van der Waals surface area contributed by atoms with Crippen molar-refractivity contribution < 1.29 is 17.9 Å². The topological polar surface area (TPSA) is 80.9 Å². The van der Waals surface area contributed by atoms with Crippen molar-refractivity contribution in [1.29, 1.82) is 0 Å². The van der Waals surface area contributed by atoms with Gasteiger partial charge in [0.15, 0.2) is 7.29 Å². The van der Waals surface area contributed by atoms with Crippen molar-refractivity contribution in [3.05, 3.63) is 58.2 Å². The third kappa shape index (κ3) is 5.20. The van der Waals surface area contributed by atoms with Crippen LogP contribution in [-0.2, 0) is 16.1 Å². The lowest BCUT2D eigenvalue weighted by atomic mass is 10.2. The molecule has 3 aromatic rings. The van der Waals surface area contributed by atoms with Crippen LogP contribution in [0.2, 0.25) is 10.0 Å². The van der Waals surface area contributed by atoms with Crippen molar-refractivity contribution in [2.75, 3.05) is 11.8 Å². The molecule has 1 unspecified atom stereocenters. The van der Waals surface area contributed by atoms with Gasteiger partial charge in [-0.3, -0.25) is 4.98 Å². The highest BCUT2D eigenvalue weighted by Crippen LogP contribution is 2.46. The van der Waals surface area contributed by atoms with Crippen LogP contribution in [-0.4, -0.2) is 21.8 Å². The van der Waals surface area contributed by atoms with E-state index in [4.69, 9.17) is 34.8 Å². The Balaban J connectivity index is 1.72. The standard InChI is InChI=1S/C16H12Cl3F2N4O2P/c1-28(26,25-13-5-3-10(17)6-12(13)18)8-11-4-2-9(7-22-11)14-23-15(27-24-14)16(19,20)21/h2-7H,8H2,1H3,(H,25,26). The van der Waals surface area contributed by atoms with E-state index in [1.165, 1.54) is 6.20 Å². The zero-order chi connectivity index (χ0) is 20.5. The van der Waals surface area contributed by atoms with Gasteiger partial charge in [0, 0.05) is 29.1 Å². The largest absolute Gasteiger partial charge is 0.400 e. The molecule has 12 heteroatoms. The van der Waals surface area contributed by atoms with Gasteiger partial charge in [0.05, 0.1) is 16.9 Å². The highest BCUT2D eigenvalue weighted by Gasteiger charge is 2.35. The number of alkyl halides is 3. The molecule has 1 N–H and O–H groups in total. The number of anilines is 1. The van der Waals surface area contributed by atoms with E-state index in [0.29, 0.717) is 27.0 Å². The summed E-state index contributed by atoms with van der Waals surface area (Å²) >= 11 is 16.8. The molecule has 0 radical (unpaired) electrons. The van der Waals surface area contributed by atoms with Crippen LogP contribution in [0.1, 0.15) is 11.6 Å². The molecule has 2 heterocycles. The number of nitrogens with one attached hydrogen (secondary N) is 1. The first-order valence-corrected chi connectivity index (χ1v) is 11.2. The first kappa shape index (κ1) is 21.0. The summed E-state index contributed by atoms with van der Waals surface area (Å²) in [6, 6.07) is 7.95. The van der Waals surface area contributed by atoms with Gasteiger partial charge >= 0.3 is 11.3 Å². The molecule has 1 aromatic carbocycles. The predicted molar refractivity (Wildman–Crippen MR) is 105 cm³/mol. The first-order chi connectivity index (χ1) is 13.0. The molecule has 0 aliphatic carbocycles. The second-order valence-corrected chi connectivity index (χ2v) is 10.0. The number of halogens is 5. The molecule has 0 amide bonds. The Morgan fingerprint density at radius 1 is 1.25 bits per heavy atom. The van der Waals surface area contributed by atoms with E-state index in [1.807, 2.05) is 0 Å². The number of hydrogen-bond donors (Lipinski definition) is 1. The molecular formula is C16H12Cl3F2N4O2P. The SMILES string of the molecule is CP(=O)(Cc1ccc(-c2noc(C(F)(F)Cl)n2)cn1)Nc1ccc(Cl)cc1Cl. The minimum atomic E-state index is -3.75. The minimum absolute atomic E-state index is 0.0832. The van der Waals surface area contributed by atoms with E-state index in [0.717, 1.165) is 0 Å². The first-order valence-electron chi connectivity index (χ1n) is 7.69. The van der Waals surface area contributed by atoms with Gasteiger partial charge in [-0.25, -0.2) is 0 Å². The van der Waals surface area contributed by atoms with Gasteiger partial charge in [-0.05, 0) is 41.9 Å². The second kappa shape index (κ2) is 7.95. The number of hydrogen-bond acceptors (Lipinski definition) is 5. The van der Waals surface area contributed by atoms with Gasteiger partial charge in [-0.1, -0.05) is 28.4 Å². The normalized spacial score (nSPS) is 13.9. The number of pyridine rings is 1. The van der Waals surface area contributed by atoms with Gasteiger partial charge in [-0.2, -0.15) is 13.8 Å². The third-order valence-electron chi connectivity index (χ3n) is 3.50. The predicted octanol–water partition coefficient (Wildman–Crippen LogP) is 6.25. The van der Waals surface area contributed by atoms with E-state index >= 15 is 0 Å². The summed E-state index contributed by atoms with van der Waals surface area (Å²) in [4.78, 5) is 7.72. The molecule has 0 bridgehead atoms. The highest BCUT2D eigenvalue weighted by atomic mass is 35.5. The summed E-state index contributed by atoms with van der Waals surface area (Å²) in [5, 5.41) is 3.43. The summed E-state index contributed by atoms with van der Waals surface area (Å²) in [7, 11) is -2.89. The zero-order valence-corrected chi connectivity index (χ0v) is 17.3. The Morgan fingerprint density at radius 3 is 2.57 bits per heavy atom. The minimum Gasteiger partial charge on any atom is -0.335 e. The van der Waals surface area contributed by atoms with Crippen LogP contribution in [0.5, 0.6) is 0 Å². The number of nitrogens with zero attached hydrogens (tertiary/aromatic N) is 3.